The van der Waals surface area contributed by atoms with Gasteiger partial charge in [0.15, 0.2) is 0 Å². The van der Waals surface area contributed by atoms with E-state index in [9.17, 15) is 0 Å². The summed E-state index contributed by atoms with van der Waals surface area (Å²) in [7, 11) is 1.97. The van der Waals surface area contributed by atoms with Crippen molar-refractivity contribution < 1.29 is 0 Å². The Morgan fingerprint density at radius 1 is 1.36 bits per heavy atom. The molecule has 0 atom stereocenters. The Kier molecular flexibility index (Phi) is 1.83. The molecule has 0 bridgehead atoms. The molecule has 0 radical (unpaired) electrons. The lowest BCUT2D eigenvalue weighted by molar-refractivity contribution is 0.583. The van der Waals surface area contributed by atoms with Gasteiger partial charge in [0, 0.05) is 12.5 Å². The van der Waals surface area contributed by atoms with Gasteiger partial charge < -0.3 is 5.32 Å². The zero-order valence-corrected chi connectivity index (χ0v) is 8.53. The number of aromatic nitrogens is 3. The fraction of sp³-hybridized carbons (Fsp3) is 0.800. The van der Waals surface area contributed by atoms with Gasteiger partial charge in [0.25, 0.3) is 0 Å². The summed E-state index contributed by atoms with van der Waals surface area (Å²) in [5, 5.41) is 11.7. The van der Waals surface area contributed by atoms with Crippen molar-refractivity contribution in [1.29, 1.82) is 0 Å². The second-order valence-corrected chi connectivity index (χ2v) is 4.40. The van der Waals surface area contributed by atoms with Crippen molar-refractivity contribution in [3.63, 3.8) is 0 Å². The highest BCUT2D eigenvalue weighted by Crippen LogP contribution is 2.45. The van der Waals surface area contributed by atoms with E-state index in [1.807, 2.05) is 7.05 Å². The molecule has 14 heavy (non-hydrogen) atoms. The van der Waals surface area contributed by atoms with Crippen LogP contribution < -0.4 is 5.32 Å². The molecule has 4 nitrogen and oxygen atoms in total. The van der Waals surface area contributed by atoms with Crippen LogP contribution in [-0.4, -0.2) is 22.0 Å². The molecule has 2 saturated carbocycles. The van der Waals surface area contributed by atoms with E-state index < -0.39 is 0 Å². The molecule has 76 valence electrons. The fourth-order valence-corrected chi connectivity index (χ4v) is 2.00. The van der Waals surface area contributed by atoms with Crippen molar-refractivity contribution in [2.75, 3.05) is 7.05 Å². The maximum atomic E-state index is 4.28. The van der Waals surface area contributed by atoms with Gasteiger partial charge in [-0.25, -0.2) is 4.68 Å². The SMILES string of the molecule is CNCc1nnn(C2CC2)c1C1CC1. The fourth-order valence-electron chi connectivity index (χ4n) is 2.00. The first-order chi connectivity index (χ1) is 6.90. The largest absolute Gasteiger partial charge is 0.314 e. The van der Waals surface area contributed by atoms with Gasteiger partial charge in [0.1, 0.15) is 0 Å². The van der Waals surface area contributed by atoms with Gasteiger partial charge in [0.2, 0.25) is 0 Å². The molecule has 4 heteroatoms. The van der Waals surface area contributed by atoms with E-state index in [1.165, 1.54) is 37.1 Å². The van der Waals surface area contributed by atoms with E-state index in [0.29, 0.717) is 6.04 Å². The molecule has 1 aromatic rings. The quantitative estimate of drug-likeness (QED) is 0.779. The first-order valence-corrected chi connectivity index (χ1v) is 5.48. The van der Waals surface area contributed by atoms with Crippen LogP contribution >= 0.6 is 0 Å². The molecule has 2 aliphatic carbocycles. The number of nitrogens with zero attached hydrogens (tertiary/aromatic N) is 3. The lowest BCUT2D eigenvalue weighted by Crippen LogP contribution is -2.09. The molecule has 0 aromatic carbocycles. The summed E-state index contributed by atoms with van der Waals surface area (Å²) in [4.78, 5) is 0. The maximum Gasteiger partial charge on any atom is 0.0999 e. The van der Waals surface area contributed by atoms with Crippen LogP contribution in [0.3, 0.4) is 0 Å². The molecule has 3 rings (SSSR count). The van der Waals surface area contributed by atoms with Gasteiger partial charge in [-0.1, -0.05) is 5.21 Å². The molecule has 2 fully saturated rings. The third-order valence-electron chi connectivity index (χ3n) is 3.01. The molecule has 1 N–H and O–H groups in total. The summed E-state index contributed by atoms with van der Waals surface area (Å²) >= 11 is 0. The van der Waals surface area contributed by atoms with Crippen LogP contribution in [0.1, 0.15) is 49.0 Å². The van der Waals surface area contributed by atoms with Gasteiger partial charge in [-0.3, -0.25) is 0 Å². The van der Waals surface area contributed by atoms with Crippen LogP contribution in [0, 0.1) is 0 Å². The Labute approximate surface area is 83.7 Å². The molecule has 0 unspecified atom stereocenters. The third kappa shape index (κ3) is 1.34. The Morgan fingerprint density at radius 3 is 2.71 bits per heavy atom. The summed E-state index contributed by atoms with van der Waals surface area (Å²) in [5.74, 6) is 0.758. The van der Waals surface area contributed by atoms with E-state index in [1.54, 1.807) is 0 Å². The summed E-state index contributed by atoms with van der Waals surface area (Å²) < 4.78 is 2.18. The Morgan fingerprint density at radius 2 is 2.14 bits per heavy atom. The second kappa shape index (κ2) is 3.05. The highest BCUT2D eigenvalue weighted by Gasteiger charge is 2.36. The minimum Gasteiger partial charge on any atom is -0.314 e. The summed E-state index contributed by atoms with van der Waals surface area (Å²) in [6.07, 6.45) is 5.25. The van der Waals surface area contributed by atoms with E-state index in [4.69, 9.17) is 0 Å². The van der Waals surface area contributed by atoms with E-state index in [0.717, 1.165) is 12.5 Å². The van der Waals surface area contributed by atoms with Crippen molar-refractivity contribution in [2.45, 2.75) is 44.2 Å². The predicted octanol–water partition coefficient (Wildman–Crippen LogP) is 1.21. The first kappa shape index (κ1) is 8.41. The van der Waals surface area contributed by atoms with Gasteiger partial charge in [-0.2, -0.15) is 0 Å². The number of rotatable bonds is 4. The summed E-state index contributed by atoms with van der Waals surface area (Å²) in [6, 6.07) is 0.670. The van der Waals surface area contributed by atoms with E-state index in [2.05, 4.69) is 20.3 Å². The minimum atomic E-state index is 0.670. The van der Waals surface area contributed by atoms with Gasteiger partial charge in [0.05, 0.1) is 17.4 Å². The predicted molar refractivity (Wildman–Crippen MR) is 53.0 cm³/mol. The molecule has 1 aromatic heterocycles. The van der Waals surface area contributed by atoms with Gasteiger partial charge in [-0.05, 0) is 32.7 Å². The summed E-state index contributed by atoms with van der Waals surface area (Å²) in [6.45, 7) is 0.860. The average Bonchev–Trinajstić information content (AvgIpc) is 3.07. The van der Waals surface area contributed by atoms with Gasteiger partial charge >= 0.3 is 0 Å². The van der Waals surface area contributed by atoms with Crippen LogP contribution in [0.4, 0.5) is 0 Å². The smallest absolute Gasteiger partial charge is 0.0999 e. The van der Waals surface area contributed by atoms with Crippen molar-refractivity contribution >= 4 is 0 Å². The molecular formula is C10H16N4. The number of nitrogens with one attached hydrogen (secondary N) is 1. The molecule has 0 amide bonds. The van der Waals surface area contributed by atoms with E-state index in [-0.39, 0.29) is 0 Å². The lowest BCUT2D eigenvalue weighted by Gasteiger charge is -2.04. The van der Waals surface area contributed by atoms with Crippen molar-refractivity contribution in [1.82, 2.24) is 20.3 Å². The minimum absolute atomic E-state index is 0.670. The second-order valence-electron chi connectivity index (χ2n) is 4.40. The molecular weight excluding hydrogens is 176 g/mol. The van der Waals surface area contributed by atoms with E-state index >= 15 is 0 Å². The highest BCUT2D eigenvalue weighted by atomic mass is 15.5. The molecule has 0 aliphatic heterocycles. The third-order valence-corrected chi connectivity index (χ3v) is 3.01. The number of hydrogen-bond donors (Lipinski definition) is 1. The highest BCUT2D eigenvalue weighted by molar-refractivity contribution is 5.21. The Bertz CT molecular complexity index is 336. The van der Waals surface area contributed by atoms with Gasteiger partial charge in [-0.15, -0.1) is 5.10 Å². The lowest BCUT2D eigenvalue weighted by atomic mass is 10.2. The molecule has 0 spiro atoms. The number of hydrogen-bond acceptors (Lipinski definition) is 3. The van der Waals surface area contributed by atoms with Crippen LogP contribution in [-0.2, 0) is 6.54 Å². The van der Waals surface area contributed by atoms with Crippen LogP contribution in [0.25, 0.3) is 0 Å². The first-order valence-electron chi connectivity index (χ1n) is 5.48. The van der Waals surface area contributed by atoms with Crippen LogP contribution in [0.5, 0.6) is 0 Å². The maximum absolute atomic E-state index is 4.28. The zero-order valence-electron chi connectivity index (χ0n) is 8.53. The molecule has 2 aliphatic rings. The van der Waals surface area contributed by atoms with Crippen molar-refractivity contribution in [2.24, 2.45) is 0 Å². The standard InChI is InChI=1S/C10H16N4/c1-11-6-9-10(7-2-3-7)14(13-12-9)8-4-5-8/h7-8,11H,2-6H2,1H3. The normalized spacial score (nSPS) is 21.5. The molecule has 0 saturated heterocycles. The average molecular weight is 192 g/mol. The topological polar surface area (TPSA) is 42.7 Å². The van der Waals surface area contributed by atoms with Crippen LogP contribution in [0.2, 0.25) is 0 Å². The molecule has 1 heterocycles. The van der Waals surface area contributed by atoms with Crippen LogP contribution in [0.15, 0.2) is 0 Å². The Hall–Kier alpha value is -0.900. The monoisotopic (exact) mass is 192 g/mol. The summed E-state index contributed by atoms with van der Waals surface area (Å²) in [5.41, 5.74) is 2.59. The van der Waals surface area contributed by atoms with Crippen molar-refractivity contribution in [3.8, 4) is 0 Å². The Balaban J connectivity index is 1.94. The zero-order chi connectivity index (χ0) is 9.54. The van der Waals surface area contributed by atoms with Crippen molar-refractivity contribution in [3.05, 3.63) is 11.4 Å².